The van der Waals surface area contributed by atoms with Gasteiger partial charge in [0.2, 0.25) is 0 Å². The van der Waals surface area contributed by atoms with Gasteiger partial charge < -0.3 is 5.32 Å². The third-order valence-corrected chi connectivity index (χ3v) is 4.02. The highest BCUT2D eigenvalue weighted by Crippen LogP contribution is 2.30. The molecule has 1 aromatic heterocycles. The van der Waals surface area contributed by atoms with Gasteiger partial charge in [0.1, 0.15) is 6.33 Å². The molecule has 0 spiro atoms. The predicted octanol–water partition coefficient (Wildman–Crippen LogP) is 2.86. The van der Waals surface area contributed by atoms with Crippen molar-refractivity contribution in [3.8, 4) is 0 Å². The smallest absolute Gasteiger partial charge is 0.188 e. The number of hydrogen-bond acceptors (Lipinski definition) is 4. The molecule has 1 heterocycles. The van der Waals surface area contributed by atoms with Crippen molar-refractivity contribution < 1.29 is 0 Å². The SMILES string of the molecule is Clc1ccc(Sc2ncn[nH]2)c(CNC2CC2)c1. The Hall–Kier alpha value is -1.04. The minimum Gasteiger partial charge on any atom is -0.310 e. The van der Waals surface area contributed by atoms with Crippen LogP contribution in [0.15, 0.2) is 34.6 Å². The van der Waals surface area contributed by atoms with E-state index < -0.39 is 0 Å². The predicted molar refractivity (Wildman–Crippen MR) is 71.8 cm³/mol. The molecule has 0 radical (unpaired) electrons. The van der Waals surface area contributed by atoms with E-state index in [1.165, 1.54) is 24.7 Å². The number of benzene rings is 1. The van der Waals surface area contributed by atoms with Crippen molar-refractivity contribution in [3.63, 3.8) is 0 Å². The summed E-state index contributed by atoms with van der Waals surface area (Å²) in [5.74, 6) is 0. The molecule has 94 valence electrons. The molecule has 2 aromatic rings. The van der Waals surface area contributed by atoms with Gasteiger partial charge in [0.05, 0.1) is 0 Å². The summed E-state index contributed by atoms with van der Waals surface area (Å²) in [6.07, 6.45) is 4.08. The third kappa shape index (κ3) is 3.04. The first-order valence-electron chi connectivity index (χ1n) is 5.86. The van der Waals surface area contributed by atoms with E-state index in [1.54, 1.807) is 11.8 Å². The molecule has 0 atom stereocenters. The van der Waals surface area contributed by atoms with Crippen LogP contribution in [0.2, 0.25) is 5.02 Å². The average molecular weight is 281 g/mol. The molecular formula is C12H13ClN4S. The van der Waals surface area contributed by atoms with Gasteiger partial charge in [0.15, 0.2) is 5.16 Å². The van der Waals surface area contributed by atoms with Crippen molar-refractivity contribution in [1.29, 1.82) is 0 Å². The first kappa shape index (κ1) is 12.0. The topological polar surface area (TPSA) is 53.6 Å². The van der Waals surface area contributed by atoms with E-state index in [-0.39, 0.29) is 0 Å². The quantitative estimate of drug-likeness (QED) is 0.884. The molecule has 0 saturated heterocycles. The summed E-state index contributed by atoms with van der Waals surface area (Å²) in [6, 6.07) is 6.63. The summed E-state index contributed by atoms with van der Waals surface area (Å²) >= 11 is 7.63. The Kier molecular flexibility index (Phi) is 3.54. The van der Waals surface area contributed by atoms with Crippen molar-refractivity contribution in [2.45, 2.75) is 35.5 Å². The molecule has 0 amide bonds. The molecular weight excluding hydrogens is 268 g/mol. The summed E-state index contributed by atoms with van der Waals surface area (Å²) in [7, 11) is 0. The van der Waals surface area contributed by atoms with Crippen LogP contribution in [-0.2, 0) is 6.54 Å². The maximum Gasteiger partial charge on any atom is 0.188 e. The first-order valence-corrected chi connectivity index (χ1v) is 7.06. The van der Waals surface area contributed by atoms with Crippen LogP contribution in [0.3, 0.4) is 0 Å². The summed E-state index contributed by atoms with van der Waals surface area (Å²) in [5.41, 5.74) is 1.20. The number of aromatic amines is 1. The van der Waals surface area contributed by atoms with E-state index in [1.807, 2.05) is 18.2 Å². The summed E-state index contributed by atoms with van der Waals surface area (Å²) in [5, 5.41) is 11.8. The Labute approximate surface area is 115 Å². The van der Waals surface area contributed by atoms with Crippen LogP contribution in [0.5, 0.6) is 0 Å². The van der Waals surface area contributed by atoms with Gasteiger partial charge in [-0.1, -0.05) is 23.4 Å². The van der Waals surface area contributed by atoms with Crippen LogP contribution in [0.25, 0.3) is 0 Å². The Morgan fingerprint density at radius 2 is 2.33 bits per heavy atom. The van der Waals surface area contributed by atoms with E-state index in [0.717, 1.165) is 21.6 Å². The number of nitrogens with one attached hydrogen (secondary N) is 2. The second kappa shape index (κ2) is 5.30. The van der Waals surface area contributed by atoms with Gasteiger partial charge in [0, 0.05) is 22.5 Å². The lowest BCUT2D eigenvalue weighted by Crippen LogP contribution is -2.15. The zero-order valence-corrected chi connectivity index (χ0v) is 11.3. The number of H-pyrrole nitrogens is 1. The van der Waals surface area contributed by atoms with Crippen molar-refractivity contribution in [3.05, 3.63) is 35.1 Å². The van der Waals surface area contributed by atoms with Crippen molar-refractivity contribution in [2.24, 2.45) is 0 Å². The lowest BCUT2D eigenvalue weighted by Gasteiger charge is -2.09. The van der Waals surface area contributed by atoms with Gasteiger partial charge in [-0.3, -0.25) is 5.10 Å². The molecule has 6 heteroatoms. The summed E-state index contributed by atoms with van der Waals surface area (Å²) in [4.78, 5) is 5.28. The molecule has 2 N–H and O–H groups in total. The third-order valence-electron chi connectivity index (χ3n) is 2.78. The molecule has 1 aromatic carbocycles. The molecule has 1 aliphatic rings. The lowest BCUT2D eigenvalue weighted by molar-refractivity contribution is 0.680. The monoisotopic (exact) mass is 280 g/mol. The summed E-state index contributed by atoms with van der Waals surface area (Å²) in [6.45, 7) is 0.849. The molecule has 4 nitrogen and oxygen atoms in total. The number of hydrogen-bond donors (Lipinski definition) is 2. The van der Waals surface area contributed by atoms with Gasteiger partial charge in [-0.05, 0) is 36.6 Å². The number of aromatic nitrogens is 3. The maximum atomic E-state index is 6.06. The minimum atomic E-state index is 0.687. The lowest BCUT2D eigenvalue weighted by atomic mass is 10.2. The van der Waals surface area contributed by atoms with E-state index in [4.69, 9.17) is 11.6 Å². The molecule has 1 saturated carbocycles. The normalized spacial score (nSPS) is 14.9. The van der Waals surface area contributed by atoms with Crippen molar-refractivity contribution in [2.75, 3.05) is 0 Å². The number of halogens is 1. The van der Waals surface area contributed by atoms with Crippen LogP contribution >= 0.6 is 23.4 Å². The van der Waals surface area contributed by atoms with Crippen molar-refractivity contribution >= 4 is 23.4 Å². The van der Waals surface area contributed by atoms with Gasteiger partial charge in [0.25, 0.3) is 0 Å². The fourth-order valence-corrected chi connectivity index (χ4v) is 2.67. The minimum absolute atomic E-state index is 0.687. The Balaban J connectivity index is 1.77. The van der Waals surface area contributed by atoms with E-state index in [9.17, 15) is 0 Å². The maximum absolute atomic E-state index is 6.06. The highest BCUT2D eigenvalue weighted by atomic mass is 35.5. The highest BCUT2D eigenvalue weighted by molar-refractivity contribution is 7.99. The molecule has 18 heavy (non-hydrogen) atoms. The number of nitrogens with zero attached hydrogens (tertiary/aromatic N) is 2. The standard InChI is InChI=1S/C12H13ClN4S/c13-9-1-4-11(18-12-15-7-16-17-12)8(5-9)6-14-10-2-3-10/h1,4-5,7,10,14H,2-3,6H2,(H,15,16,17). The van der Waals surface area contributed by atoms with Gasteiger partial charge in [-0.2, -0.15) is 5.10 Å². The second-order valence-electron chi connectivity index (χ2n) is 4.30. The highest BCUT2D eigenvalue weighted by Gasteiger charge is 2.20. The van der Waals surface area contributed by atoms with Crippen LogP contribution in [0.4, 0.5) is 0 Å². The second-order valence-corrected chi connectivity index (χ2v) is 5.77. The molecule has 0 aliphatic heterocycles. The Morgan fingerprint density at radius 3 is 3.06 bits per heavy atom. The van der Waals surface area contributed by atoms with Crippen LogP contribution in [0.1, 0.15) is 18.4 Å². The van der Waals surface area contributed by atoms with Crippen LogP contribution < -0.4 is 5.32 Å². The summed E-state index contributed by atoms with van der Waals surface area (Å²) < 4.78 is 0. The average Bonchev–Trinajstić information content (AvgIpc) is 3.06. The van der Waals surface area contributed by atoms with Gasteiger partial charge in [-0.15, -0.1) is 0 Å². The van der Waals surface area contributed by atoms with Gasteiger partial charge in [-0.25, -0.2) is 4.98 Å². The molecule has 0 bridgehead atoms. The zero-order chi connectivity index (χ0) is 12.4. The fourth-order valence-electron chi connectivity index (χ4n) is 1.68. The number of rotatable bonds is 5. The Bertz CT molecular complexity index is 525. The molecule has 1 fully saturated rings. The van der Waals surface area contributed by atoms with Gasteiger partial charge >= 0.3 is 0 Å². The first-order chi connectivity index (χ1) is 8.81. The fraction of sp³-hybridized carbons (Fsp3) is 0.333. The molecule has 3 rings (SSSR count). The van der Waals surface area contributed by atoms with E-state index in [0.29, 0.717) is 6.04 Å². The zero-order valence-electron chi connectivity index (χ0n) is 9.69. The van der Waals surface area contributed by atoms with Crippen LogP contribution in [0, 0.1) is 0 Å². The van der Waals surface area contributed by atoms with Crippen molar-refractivity contribution in [1.82, 2.24) is 20.5 Å². The Morgan fingerprint density at radius 1 is 1.44 bits per heavy atom. The molecule has 1 aliphatic carbocycles. The largest absolute Gasteiger partial charge is 0.310 e. The molecule has 0 unspecified atom stereocenters. The van der Waals surface area contributed by atoms with E-state index in [2.05, 4.69) is 20.5 Å². The van der Waals surface area contributed by atoms with Crippen LogP contribution in [-0.4, -0.2) is 21.2 Å². The van der Waals surface area contributed by atoms with E-state index >= 15 is 0 Å².